The minimum absolute atomic E-state index is 0.155. The van der Waals surface area contributed by atoms with E-state index in [9.17, 15) is 9.59 Å². The Morgan fingerprint density at radius 2 is 1.92 bits per heavy atom. The van der Waals surface area contributed by atoms with Crippen LogP contribution in [0.1, 0.15) is 36.7 Å². The third-order valence-corrected chi connectivity index (χ3v) is 3.99. The topological polar surface area (TPSA) is 82.5 Å². The molecule has 1 aromatic heterocycles. The first-order valence-electron chi connectivity index (χ1n) is 9.03. The average molecular weight is 361 g/mol. The summed E-state index contributed by atoms with van der Waals surface area (Å²) in [7, 11) is 1.63. The van der Waals surface area contributed by atoms with E-state index in [0.29, 0.717) is 50.1 Å². The molecular formula is C19H27N3O4. The van der Waals surface area contributed by atoms with Crippen molar-refractivity contribution >= 4 is 16.7 Å². The zero-order valence-corrected chi connectivity index (χ0v) is 15.5. The number of fused-ring (bicyclic) bond motifs is 1. The maximum atomic E-state index is 12.6. The van der Waals surface area contributed by atoms with Gasteiger partial charge in [0.05, 0.1) is 18.6 Å². The number of carbonyl (C=O) groups is 1. The summed E-state index contributed by atoms with van der Waals surface area (Å²) < 4.78 is 11.7. The summed E-state index contributed by atoms with van der Waals surface area (Å²) in [4.78, 5) is 25.1. The third kappa shape index (κ3) is 5.37. The molecule has 0 saturated carbocycles. The lowest BCUT2D eigenvalue weighted by Gasteiger charge is -2.11. The van der Waals surface area contributed by atoms with Crippen LogP contribution in [0, 0.1) is 0 Å². The molecule has 0 saturated heterocycles. The normalized spacial score (nSPS) is 11.0. The molecule has 0 aliphatic carbocycles. The van der Waals surface area contributed by atoms with Gasteiger partial charge in [-0.3, -0.25) is 9.59 Å². The summed E-state index contributed by atoms with van der Waals surface area (Å²) in [6.07, 6.45) is 2.49. The van der Waals surface area contributed by atoms with Gasteiger partial charge in [-0.1, -0.05) is 31.5 Å². The van der Waals surface area contributed by atoms with Crippen molar-refractivity contribution in [2.45, 2.75) is 32.7 Å². The molecule has 0 aliphatic rings. The lowest BCUT2D eigenvalue weighted by atomic mass is 10.1. The van der Waals surface area contributed by atoms with Crippen LogP contribution in [0.15, 0.2) is 29.1 Å². The quantitative estimate of drug-likeness (QED) is 0.619. The zero-order valence-electron chi connectivity index (χ0n) is 15.5. The molecule has 0 fully saturated rings. The van der Waals surface area contributed by atoms with E-state index < -0.39 is 0 Å². The van der Waals surface area contributed by atoms with Crippen molar-refractivity contribution in [3.63, 3.8) is 0 Å². The highest BCUT2D eigenvalue weighted by molar-refractivity contribution is 6.04. The smallest absolute Gasteiger partial charge is 0.274 e. The molecule has 2 rings (SSSR count). The molecule has 0 bridgehead atoms. The molecule has 0 radical (unpaired) electrons. The Bertz CT molecular complexity index is 773. The van der Waals surface area contributed by atoms with Crippen molar-refractivity contribution < 1.29 is 14.3 Å². The number of aryl methyl sites for hydroxylation is 1. The van der Waals surface area contributed by atoms with Gasteiger partial charge in [0.2, 0.25) is 0 Å². The Hall–Kier alpha value is -2.25. The Morgan fingerprint density at radius 3 is 2.65 bits per heavy atom. The van der Waals surface area contributed by atoms with Gasteiger partial charge in [-0.05, 0) is 18.9 Å². The Balaban J connectivity index is 2.08. The van der Waals surface area contributed by atoms with Crippen LogP contribution in [0.4, 0.5) is 0 Å². The second-order valence-electron chi connectivity index (χ2n) is 5.99. The number of unbranched alkanes of at least 4 members (excludes halogenated alkanes) is 1. The number of methoxy groups -OCH3 is 1. The van der Waals surface area contributed by atoms with Crippen LogP contribution in [0.2, 0.25) is 0 Å². The van der Waals surface area contributed by atoms with Crippen molar-refractivity contribution in [2.75, 3.05) is 33.5 Å². The number of carbonyl (C=O) groups excluding carboxylic acids is 1. The predicted molar refractivity (Wildman–Crippen MR) is 101 cm³/mol. The summed E-state index contributed by atoms with van der Waals surface area (Å²) in [5.74, 6) is -0.275. The van der Waals surface area contributed by atoms with Gasteiger partial charge in [-0.2, -0.15) is 5.10 Å². The average Bonchev–Trinajstić information content (AvgIpc) is 2.66. The van der Waals surface area contributed by atoms with Gasteiger partial charge in [0.25, 0.3) is 11.5 Å². The molecule has 1 N–H and O–H groups in total. The van der Waals surface area contributed by atoms with Gasteiger partial charge in [0.15, 0.2) is 5.69 Å². The van der Waals surface area contributed by atoms with Crippen LogP contribution in [0.25, 0.3) is 10.8 Å². The fourth-order valence-corrected chi connectivity index (χ4v) is 2.57. The summed E-state index contributed by atoms with van der Waals surface area (Å²) in [6, 6.07) is 7.10. The molecule has 7 heteroatoms. The van der Waals surface area contributed by atoms with E-state index in [1.165, 1.54) is 4.68 Å². The van der Waals surface area contributed by atoms with E-state index in [-0.39, 0.29) is 17.2 Å². The minimum atomic E-state index is -0.275. The van der Waals surface area contributed by atoms with Gasteiger partial charge < -0.3 is 14.8 Å². The van der Waals surface area contributed by atoms with Gasteiger partial charge in [-0.25, -0.2) is 4.68 Å². The minimum Gasteiger partial charge on any atom is -0.382 e. The Kier molecular flexibility index (Phi) is 8.24. The summed E-state index contributed by atoms with van der Waals surface area (Å²) in [5.41, 5.74) is 0.133. The van der Waals surface area contributed by atoms with Crippen molar-refractivity contribution in [1.82, 2.24) is 15.1 Å². The molecule has 1 heterocycles. The molecule has 142 valence electrons. The maximum absolute atomic E-state index is 12.6. The molecule has 0 spiro atoms. The first-order chi connectivity index (χ1) is 12.7. The number of nitrogens with zero attached hydrogens (tertiary/aromatic N) is 2. The highest BCUT2D eigenvalue weighted by Gasteiger charge is 2.16. The number of rotatable bonds is 11. The van der Waals surface area contributed by atoms with Crippen LogP contribution in [-0.4, -0.2) is 49.2 Å². The highest BCUT2D eigenvalue weighted by Crippen LogP contribution is 2.13. The fraction of sp³-hybridized carbons (Fsp3) is 0.526. The van der Waals surface area contributed by atoms with E-state index in [2.05, 4.69) is 17.3 Å². The van der Waals surface area contributed by atoms with Gasteiger partial charge in [-0.15, -0.1) is 0 Å². The zero-order chi connectivity index (χ0) is 18.8. The lowest BCUT2D eigenvalue weighted by molar-refractivity contribution is 0.0688. The highest BCUT2D eigenvalue weighted by atomic mass is 16.5. The van der Waals surface area contributed by atoms with Gasteiger partial charge >= 0.3 is 0 Å². The molecule has 2 aromatic rings. The van der Waals surface area contributed by atoms with Crippen LogP contribution in [-0.2, 0) is 16.0 Å². The monoisotopic (exact) mass is 361 g/mol. The molecule has 1 aromatic carbocycles. The molecule has 7 nitrogen and oxygen atoms in total. The summed E-state index contributed by atoms with van der Waals surface area (Å²) in [5, 5.41) is 8.28. The van der Waals surface area contributed by atoms with Crippen molar-refractivity contribution in [3.05, 3.63) is 40.3 Å². The molecular weight excluding hydrogens is 334 g/mol. The SMILES string of the molecule is CCCCn1nc(C(=O)NCCCOCCOC)c2ccccc2c1=O. The third-order valence-electron chi connectivity index (χ3n) is 3.99. The van der Waals surface area contributed by atoms with E-state index >= 15 is 0 Å². The number of hydrogen-bond acceptors (Lipinski definition) is 5. The van der Waals surface area contributed by atoms with Crippen LogP contribution in [0.3, 0.4) is 0 Å². The second-order valence-corrected chi connectivity index (χ2v) is 5.99. The van der Waals surface area contributed by atoms with E-state index in [4.69, 9.17) is 9.47 Å². The largest absolute Gasteiger partial charge is 0.382 e. The molecule has 0 aliphatic heterocycles. The molecule has 0 atom stereocenters. The van der Waals surface area contributed by atoms with E-state index in [1.807, 2.05) is 0 Å². The van der Waals surface area contributed by atoms with E-state index in [1.54, 1.807) is 31.4 Å². The Morgan fingerprint density at radius 1 is 1.15 bits per heavy atom. The number of benzene rings is 1. The number of aromatic nitrogens is 2. The van der Waals surface area contributed by atoms with Crippen molar-refractivity contribution in [1.29, 1.82) is 0 Å². The number of hydrogen-bond donors (Lipinski definition) is 1. The second kappa shape index (κ2) is 10.7. The standard InChI is InChI=1S/C19H27N3O4/c1-3-4-11-22-19(24)16-9-6-5-8-15(16)17(21-22)18(23)20-10-7-12-26-14-13-25-2/h5-6,8-9H,3-4,7,10-14H2,1-2H3,(H,20,23). The number of ether oxygens (including phenoxy) is 2. The molecule has 0 unspecified atom stereocenters. The van der Waals surface area contributed by atoms with Gasteiger partial charge in [0, 0.05) is 32.2 Å². The molecule has 1 amide bonds. The van der Waals surface area contributed by atoms with Crippen LogP contribution in [0.5, 0.6) is 0 Å². The summed E-state index contributed by atoms with van der Waals surface area (Å²) in [6.45, 7) is 4.69. The Labute approximate surface area is 153 Å². The van der Waals surface area contributed by atoms with Crippen molar-refractivity contribution in [2.24, 2.45) is 0 Å². The fourth-order valence-electron chi connectivity index (χ4n) is 2.57. The lowest BCUT2D eigenvalue weighted by Crippen LogP contribution is -2.31. The maximum Gasteiger partial charge on any atom is 0.274 e. The van der Waals surface area contributed by atoms with Crippen LogP contribution >= 0.6 is 0 Å². The number of amides is 1. The first-order valence-corrected chi connectivity index (χ1v) is 9.03. The van der Waals surface area contributed by atoms with Crippen molar-refractivity contribution in [3.8, 4) is 0 Å². The molecule has 26 heavy (non-hydrogen) atoms. The van der Waals surface area contributed by atoms with Crippen LogP contribution < -0.4 is 10.9 Å². The van der Waals surface area contributed by atoms with Gasteiger partial charge in [0.1, 0.15) is 0 Å². The van der Waals surface area contributed by atoms with E-state index in [0.717, 1.165) is 12.8 Å². The predicted octanol–water partition coefficient (Wildman–Crippen LogP) is 1.98. The first kappa shape index (κ1) is 20.1. The summed E-state index contributed by atoms with van der Waals surface area (Å²) >= 11 is 0. The number of nitrogens with one attached hydrogen (secondary N) is 1.